The van der Waals surface area contributed by atoms with Crippen molar-refractivity contribution in [3.05, 3.63) is 52.6 Å². The molecule has 3 rings (SSSR count). The van der Waals surface area contributed by atoms with Gasteiger partial charge >= 0.3 is 5.97 Å². The third kappa shape index (κ3) is 3.43. The number of allylic oxidation sites excluding steroid dienone is 3. The molecule has 0 fully saturated rings. The minimum Gasteiger partial charge on any atom is -0.462 e. The van der Waals surface area contributed by atoms with Gasteiger partial charge in [0.15, 0.2) is 5.78 Å². The molecule has 26 heavy (non-hydrogen) atoms. The second-order valence-electron chi connectivity index (χ2n) is 7.85. The molecule has 138 valence electrons. The second kappa shape index (κ2) is 7.06. The maximum absolute atomic E-state index is 13.0. The van der Waals surface area contributed by atoms with Crippen LogP contribution in [-0.2, 0) is 14.3 Å². The molecule has 0 bridgehead atoms. The molecular weight excluding hydrogens is 328 g/mol. The van der Waals surface area contributed by atoms with Crippen LogP contribution in [0.25, 0.3) is 0 Å². The van der Waals surface area contributed by atoms with Crippen LogP contribution in [0.15, 0.2) is 47.1 Å². The Bertz CT molecular complexity index is 791. The summed E-state index contributed by atoms with van der Waals surface area (Å²) >= 11 is 0. The highest BCUT2D eigenvalue weighted by Gasteiger charge is 2.43. The molecule has 5 heteroatoms. The topological polar surface area (TPSA) is 68.3 Å². The molecule has 0 aromatic carbocycles. The largest absolute Gasteiger partial charge is 0.462 e. The number of nitrogens with zero attached hydrogens (tertiary/aromatic N) is 1. The van der Waals surface area contributed by atoms with Crippen molar-refractivity contribution in [1.82, 2.24) is 10.3 Å². The fraction of sp³-hybridized carbons (Fsp3) is 0.476. The van der Waals surface area contributed by atoms with Crippen LogP contribution in [0.2, 0.25) is 0 Å². The Hall–Kier alpha value is -2.43. The normalized spacial score (nSPS) is 22.0. The van der Waals surface area contributed by atoms with Crippen LogP contribution >= 0.6 is 0 Å². The summed E-state index contributed by atoms with van der Waals surface area (Å²) in [7, 11) is 0. The Morgan fingerprint density at radius 1 is 1.31 bits per heavy atom. The Morgan fingerprint density at radius 2 is 2.00 bits per heavy atom. The van der Waals surface area contributed by atoms with Crippen molar-refractivity contribution in [3.63, 3.8) is 0 Å². The van der Waals surface area contributed by atoms with E-state index in [1.807, 2.05) is 26.0 Å². The number of aromatic nitrogens is 1. The van der Waals surface area contributed by atoms with Gasteiger partial charge in [0.25, 0.3) is 0 Å². The van der Waals surface area contributed by atoms with Crippen LogP contribution in [0, 0.1) is 5.41 Å². The fourth-order valence-corrected chi connectivity index (χ4v) is 3.87. The van der Waals surface area contributed by atoms with E-state index in [1.54, 1.807) is 12.4 Å². The average molecular weight is 354 g/mol. The first kappa shape index (κ1) is 18.4. The summed E-state index contributed by atoms with van der Waals surface area (Å²) in [5.41, 5.74) is 3.72. The summed E-state index contributed by atoms with van der Waals surface area (Å²) in [6, 6.07) is 3.74. The lowest BCUT2D eigenvalue weighted by atomic mass is 9.69. The quantitative estimate of drug-likeness (QED) is 0.836. The van der Waals surface area contributed by atoms with Gasteiger partial charge in [0.05, 0.1) is 12.2 Å². The SMILES string of the molecule is CCCOC(=O)C1=C(C)NC2=C(C(=O)CC(C)(C)C2)[C@H]1c1ccncc1. The van der Waals surface area contributed by atoms with Crippen molar-refractivity contribution < 1.29 is 14.3 Å². The minimum absolute atomic E-state index is 0.0911. The van der Waals surface area contributed by atoms with E-state index >= 15 is 0 Å². The van der Waals surface area contributed by atoms with Crippen LogP contribution in [0.3, 0.4) is 0 Å². The number of pyridine rings is 1. The van der Waals surface area contributed by atoms with Crippen molar-refractivity contribution >= 4 is 11.8 Å². The molecule has 2 heterocycles. The standard InChI is InChI=1S/C21H26N2O3/c1-5-10-26-20(25)17-13(2)23-15-11-21(3,4)12-16(24)19(15)18(17)14-6-8-22-9-7-14/h6-9,18,23H,5,10-12H2,1-4H3/t18-/m0/s1. The van der Waals surface area contributed by atoms with E-state index in [2.05, 4.69) is 24.1 Å². The summed E-state index contributed by atoms with van der Waals surface area (Å²) in [6.07, 6.45) is 5.40. The highest BCUT2D eigenvalue weighted by Crippen LogP contribution is 2.46. The first-order valence-electron chi connectivity index (χ1n) is 9.15. The van der Waals surface area contributed by atoms with Crippen LogP contribution in [0.5, 0.6) is 0 Å². The number of hydrogen-bond donors (Lipinski definition) is 1. The number of carbonyl (C=O) groups is 2. The van der Waals surface area contributed by atoms with Gasteiger partial charge < -0.3 is 10.1 Å². The van der Waals surface area contributed by atoms with E-state index < -0.39 is 5.92 Å². The van der Waals surface area contributed by atoms with Gasteiger partial charge in [-0.05, 0) is 42.9 Å². The van der Waals surface area contributed by atoms with Crippen molar-refractivity contribution in [3.8, 4) is 0 Å². The maximum atomic E-state index is 13.0. The first-order valence-corrected chi connectivity index (χ1v) is 9.15. The number of hydrogen-bond acceptors (Lipinski definition) is 5. The van der Waals surface area contributed by atoms with Crippen LogP contribution in [-0.4, -0.2) is 23.3 Å². The molecular formula is C21H26N2O3. The molecule has 1 aromatic heterocycles. The lowest BCUT2D eigenvalue weighted by molar-refractivity contribution is -0.139. The molecule has 5 nitrogen and oxygen atoms in total. The number of ketones is 1. The van der Waals surface area contributed by atoms with Gasteiger partial charge in [0.1, 0.15) is 0 Å². The molecule has 1 N–H and O–H groups in total. The fourth-order valence-electron chi connectivity index (χ4n) is 3.87. The highest BCUT2D eigenvalue weighted by atomic mass is 16.5. The second-order valence-corrected chi connectivity index (χ2v) is 7.85. The number of nitrogens with one attached hydrogen (secondary N) is 1. The third-order valence-electron chi connectivity index (χ3n) is 4.94. The third-order valence-corrected chi connectivity index (χ3v) is 4.94. The van der Waals surface area contributed by atoms with E-state index in [0.29, 0.717) is 24.2 Å². The van der Waals surface area contributed by atoms with E-state index in [0.717, 1.165) is 29.8 Å². The molecule has 0 amide bonds. The molecule has 0 unspecified atom stereocenters. The zero-order chi connectivity index (χ0) is 18.9. The number of ether oxygens (including phenoxy) is 1. The lowest BCUT2D eigenvalue weighted by Crippen LogP contribution is -2.38. The average Bonchev–Trinajstić information content (AvgIpc) is 2.58. The Morgan fingerprint density at radius 3 is 2.65 bits per heavy atom. The maximum Gasteiger partial charge on any atom is 0.336 e. The zero-order valence-corrected chi connectivity index (χ0v) is 15.9. The summed E-state index contributed by atoms with van der Waals surface area (Å²) < 4.78 is 5.42. The number of esters is 1. The molecule has 1 atom stereocenters. The van der Waals surface area contributed by atoms with Gasteiger partial charge in [-0.1, -0.05) is 20.8 Å². The minimum atomic E-state index is -0.401. The molecule has 1 aromatic rings. The van der Waals surface area contributed by atoms with E-state index in [1.165, 1.54) is 0 Å². The molecule has 1 aliphatic carbocycles. The molecule has 0 saturated carbocycles. The Balaban J connectivity index is 2.11. The van der Waals surface area contributed by atoms with E-state index in [-0.39, 0.29) is 17.2 Å². The predicted molar refractivity (Wildman–Crippen MR) is 99.1 cm³/mol. The van der Waals surface area contributed by atoms with Gasteiger partial charge in [-0.2, -0.15) is 0 Å². The van der Waals surface area contributed by atoms with Crippen molar-refractivity contribution in [2.45, 2.75) is 52.9 Å². The number of rotatable bonds is 4. The predicted octanol–water partition coefficient (Wildman–Crippen LogP) is 3.64. The van der Waals surface area contributed by atoms with Gasteiger partial charge in [0.2, 0.25) is 0 Å². The smallest absolute Gasteiger partial charge is 0.336 e. The van der Waals surface area contributed by atoms with Crippen LogP contribution < -0.4 is 5.32 Å². The van der Waals surface area contributed by atoms with Gasteiger partial charge in [0, 0.05) is 41.7 Å². The Kier molecular flexibility index (Phi) is 4.99. The highest BCUT2D eigenvalue weighted by molar-refractivity contribution is 6.04. The summed E-state index contributed by atoms with van der Waals surface area (Å²) in [4.78, 5) is 29.9. The van der Waals surface area contributed by atoms with Gasteiger partial charge in [-0.3, -0.25) is 9.78 Å². The van der Waals surface area contributed by atoms with Gasteiger partial charge in [-0.25, -0.2) is 4.79 Å². The van der Waals surface area contributed by atoms with Crippen LogP contribution in [0.4, 0.5) is 0 Å². The number of dihydropyridines is 1. The lowest BCUT2D eigenvalue weighted by Gasteiger charge is -2.39. The Labute approximate surface area is 154 Å². The molecule has 0 radical (unpaired) electrons. The summed E-state index contributed by atoms with van der Waals surface area (Å²) in [5, 5.41) is 3.33. The van der Waals surface area contributed by atoms with Crippen LogP contribution in [0.1, 0.15) is 58.4 Å². The number of Topliss-reactive ketones (excluding diaryl/α,β-unsaturated/α-hetero) is 1. The number of carbonyl (C=O) groups excluding carboxylic acids is 2. The molecule has 0 spiro atoms. The summed E-state index contributed by atoms with van der Waals surface area (Å²) in [6.45, 7) is 8.41. The first-order chi connectivity index (χ1) is 12.3. The molecule has 2 aliphatic rings. The van der Waals surface area contributed by atoms with E-state index in [4.69, 9.17) is 4.74 Å². The molecule has 0 saturated heterocycles. The van der Waals surface area contributed by atoms with Crippen molar-refractivity contribution in [2.24, 2.45) is 5.41 Å². The summed E-state index contributed by atoms with van der Waals surface area (Å²) in [5.74, 6) is -0.663. The van der Waals surface area contributed by atoms with Crippen molar-refractivity contribution in [2.75, 3.05) is 6.61 Å². The van der Waals surface area contributed by atoms with E-state index in [9.17, 15) is 9.59 Å². The monoisotopic (exact) mass is 354 g/mol. The molecule has 1 aliphatic heterocycles. The van der Waals surface area contributed by atoms with Crippen molar-refractivity contribution in [1.29, 1.82) is 0 Å². The zero-order valence-electron chi connectivity index (χ0n) is 15.9. The van der Waals surface area contributed by atoms with Gasteiger partial charge in [-0.15, -0.1) is 0 Å².